The third-order valence-electron chi connectivity index (χ3n) is 6.55. The third kappa shape index (κ3) is 7.12. The summed E-state index contributed by atoms with van der Waals surface area (Å²) in [6, 6.07) is 30.0. The van der Waals surface area contributed by atoms with Crippen LogP contribution in [0.1, 0.15) is 31.8 Å². The van der Waals surface area contributed by atoms with Crippen LogP contribution in [0.4, 0.5) is 0 Å². The molecule has 0 heterocycles. The molecule has 5 aromatic carbocycles. The van der Waals surface area contributed by atoms with Crippen LogP contribution in [0.5, 0.6) is 23.0 Å². The number of hydrazone groups is 1. The molecule has 0 aliphatic carbocycles. The largest absolute Gasteiger partial charge is 0.493 e. The van der Waals surface area contributed by atoms with E-state index in [9.17, 15) is 9.59 Å². The number of methoxy groups -OCH3 is 2. The number of amides is 1. The number of fused-ring (bicyclic) bond motifs is 1. The first kappa shape index (κ1) is 29.2. The second kappa shape index (κ2) is 13.5. The number of benzene rings is 5. The van der Waals surface area contributed by atoms with Crippen molar-refractivity contribution in [2.75, 3.05) is 14.2 Å². The normalized spacial score (nSPS) is 10.9. The van der Waals surface area contributed by atoms with Crippen LogP contribution in [0.2, 0.25) is 5.02 Å². The number of carbonyl (C=O) groups excluding carboxylic acids is 2. The molecular weight excluding hydrogens is 568 g/mol. The SMILES string of the molecule is COc1ccc(C(=O)Oc2ccc3ccccc3c2C=NNC(=O)c2ccc(OCc3ccc(Cl)cc3)cc2)cc1OC. The molecule has 8 nitrogen and oxygen atoms in total. The molecule has 0 aliphatic heterocycles. The number of hydrogen-bond donors (Lipinski definition) is 1. The molecule has 43 heavy (non-hydrogen) atoms. The standard InChI is InChI=1S/C34H27ClN2O6/c1-40-31-18-12-25(19-32(31)41-2)34(39)43-30-17-11-23-5-3-4-6-28(23)29(30)20-36-37-33(38)24-9-15-27(16-10-24)42-21-22-7-13-26(35)14-8-22/h3-20H,21H2,1-2H3,(H,37,38). The maximum absolute atomic E-state index is 13.1. The molecule has 1 N–H and O–H groups in total. The highest BCUT2D eigenvalue weighted by Crippen LogP contribution is 2.30. The zero-order valence-corrected chi connectivity index (χ0v) is 24.1. The Morgan fingerprint density at radius 1 is 0.791 bits per heavy atom. The Labute approximate surface area is 253 Å². The van der Waals surface area contributed by atoms with E-state index in [2.05, 4.69) is 10.5 Å². The van der Waals surface area contributed by atoms with Crippen molar-refractivity contribution in [2.24, 2.45) is 5.10 Å². The van der Waals surface area contributed by atoms with E-state index in [4.69, 9.17) is 30.5 Å². The second-order valence-electron chi connectivity index (χ2n) is 9.30. The molecule has 0 fully saturated rings. The Kier molecular flexibility index (Phi) is 9.19. The molecule has 9 heteroatoms. The van der Waals surface area contributed by atoms with E-state index in [-0.39, 0.29) is 11.3 Å². The van der Waals surface area contributed by atoms with Gasteiger partial charge in [0.25, 0.3) is 5.91 Å². The van der Waals surface area contributed by atoms with Crippen molar-refractivity contribution < 1.29 is 28.5 Å². The Hall–Kier alpha value is -5.34. The predicted molar refractivity (Wildman–Crippen MR) is 166 cm³/mol. The van der Waals surface area contributed by atoms with Gasteiger partial charge in [0, 0.05) is 16.1 Å². The van der Waals surface area contributed by atoms with Crippen LogP contribution in [0, 0.1) is 0 Å². The summed E-state index contributed by atoms with van der Waals surface area (Å²) >= 11 is 5.93. The minimum absolute atomic E-state index is 0.277. The van der Waals surface area contributed by atoms with Gasteiger partial charge in [-0.3, -0.25) is 4.79 Å². The monoisotopic (exact) mass is 594 g/mol. The number of rotatable bonds is 10. The molecule has 0 saturated heterocycles. The first-order valence-corrected chi connectivity index (χ1v) is 13.6. The lowest BCUT2D eigenvalue weighted by Crippen LogP contribution is -2.17. The van der Waals surface area contributed by atoms with Gasteiger partial charge in [0.2, 0.25) is 0 Å². The van der Waals surface area contributed by atoms with Crippen molar-refractivity contribution in [3.05, 3.63) is 130 Å². The summed E-state index contributed by atoms with van der Waals surface area (Å²) < 4.78 is 22.1. The molecule has 0 saturated carbocycles. The number of nitrogens with zero attached hydrogens (tertiary/aromatic N) is 1. The van der Waals surface area contributed by atoms with Crippen molar-refractivity contribution in [3.8, 4) is 23.0 Å². The van der Waals surface area contributed by atoms with Gasteiger partial charge in [-0.2, -0.15) is 5.10 Å². The maximum atomic E-state index is 13.1. The van der Waals surface area contributed by atoms with Gasteiger partial charge in [0.15, 0.2) is 11.5 Å². The topological polar surface area (TPSA) is 95.5 Å². The fourth-order valence-electron chi connectivity index (χ4n) is 4.29. The van der Waals surface area contributed by atoms with Gasteiger partial charge in [-0.1, -0.05) is 54.1 Å². The summed E-state index contributed by atoms with van der Waals surface area (Å²) in [5.41, 5.74) is 4.72. The number of halogens is 1. The van der Waals surface area contributed by atoms with E-state index in [1.807, 2.05) is 42.5 Å². The van der Waals surface area contributed by atoms with Crippen molar-refractivity contribution in [1.29, 1.82) is 0 Å². The highest BCUT2D eigenvalue weighted by Gasteiger charge is 2.16. The summed E-state index contributed by atoms with van der Waals surface area (Å²) in [5, 5.41) is 6.54. The summed E-state index contributed by atoms with van der Waals surface area (Å²) in [5.74, 6) is 0.790. The van der Waals surface area contributed by atoms with Crippen LogP contribution in [0.15, 0.2) is 108 Å². The van der Waals surface area contributed by atoms with E-state index in [1.165, 1.54) is 20.4 Å². The first-order chi connectivity index (χ1) is 20.9. The highest BCUT2D eigenvalue weighted by atomic mass is 35.5. The van der Waals surface area contributed by atoms with Gasteiger partial charge in [-0.25, -0.2) is 10.2 Å². The summed E-state index contributed by atoms with van der Waals surface area (Å²) in [7, 11) is 3.01. The van der Waals surface area contributed by atoms with Gasteiger partial charge in [0.1, 0.15) is 18.1 Å². The fourth-order valence-corrected chi connectivity index (χ4v) is 4.42. The molecule has 0 aliphatic rings. The van der Waals surface area contributed by atoms with Gasteiger partial charge in [0.05, 0.1) is 26.0 Å². The second-order valence-corrected chi connectivity index (χ2v) is 9.73. The molecule has 5 rings (SSSR count). The highest BCUT2D eigenvalue weighted by molar-refractivity contribution is 6.30. The maximum Gasteiger partial charge on any atom is 0.343 e. The smallest absolute Gasteiger partial charge is 0.343 e. The number of carbonyl (C=O) groups is 2. The lowest BCUT2D eigenvalue weighted by Gasteiger charge is -2.12. The van der Waals surface area contributed by atoms with E-state index in [0.29, 0.717) is 40.0 Å². The van der Waals surface area contributed by atoms with Gasteiger partial charge < -0.3 is 18.9 Å². The van der Waals surface area contributed by atoms with Crippen molar-refractivity contribution >= 4 is 40.5 Å². The van der Waals surface area contributed by atoms with Crippen molar-refractivity contribution in [1.82, 2.24) is 5.43 Å². The van der Waals surface area contributed by atoms with Crippen LogP contribution in [-0.2, 0) is 6.61 Å². The third-order valence-corrected chi connectivity index (χ3v) is 6.80. The number of esters is 1. The van der Waals surface area contributed by atoms with Gasteiger partial charge in [-0.05, 0) is 77.0 Å². The molecule has 216 valence electrons. The molecular formula is C34H27ClN2O6. The van der Waals surface area contributed by atoms with E-state index in [1.54, 1.807) is 60.7 Å². The van der Waals surface area contributed by atoms with Crippen LogP contribution < -0.4 is 24.4 Å². The number of nitrogens with one attached hydrogen (secondary N) is 1. The number of hydrogen-bond acceptors (Lipinski definition) is 7. The lowest BCUT2D eigenvalue weighted by atomic mass is 10.0. The summed E-state index contributed by atoms with van der Waals surface area (Å²) in [6.07, 6.45) is 1.46. The minimum Gasteiger partial charge on any atom is -0.493 e. The van der Waals surface area contributed by atoms with Gasteiger partial charge in [-0.15, -0.1) is 0 Å². The lowest BCUT2D eigenvalue weighted by molar-refractivity contribution is 0.0734. The summed E-state index contributed by atoms with van der Waals surface area (Å²) in [6.45, 7) is 0.372. The van der Waals surface area contributed by atoms with Crippen molar-refractivity contribution in [3.63, 3.8) is 0 Å². The molecule has 0 radical (unpaired) electrons. The zero-order valence-electron chi connectivity index (χ0n) is 23.4. The Bertz CT molecular complexity index is 1790. The molecule has 5 aromatic rings. The average molecular weight is 595 g/mol. The Morgan fingerprint density at radius 2 is 1.49 bits per heavy atom. The average Bonchev–Trinajstić information content (AvgIpc) is 3.05. The van der Waals surface area contributed by atoms with Gasteiger partial charge >= 0.3 is 5.97 Å². The molecule has 1 amide bonds. The van der Waals surface area contributed by atoms with Crippen LogP contribution >= 0.6 is 11.6 Å². The van der Waals surface area contributed by atoms with E-state index < -0.39 is 11.9 Å². The predicted octanol–water partition coefficient (Wildman–Crippen LogP) is 7.07. The Balaban J connectivity index is 1.29. The number of ether oxygens (including phenoxy) is 4. The van der Waals surface area contributed by atoms with Crippen LogP contribution in [-0.4, -0.2) is 32.3 Å². The fraction of sp³-hybridized carbons (Fsp3) is 0.0882. The van der Waals surface area contributed by atoms with Crippen molar-refractivity contribution in [2.45, 2.75) is 6.61 Å². The molecule has 0 unspecified atom stereocenters. The van der Waals surface area contributed by atoms with E-state index in [0.717, 1.165) is 16.3 Å². The molecule has 0 atom stereocenters. The minimum atomic E-state index is -0.590. The molecule has 0 spiro atoms. The van der Waals surface area contributed by atoms with E-state index >= 15 is 0 Å². The molecule has 0 bridgehead atoms. The zero-order chi connectivity index (χ0) is 30.2. The van der Waals surface area contributed by atoms with Crippen LogP contribution in [0.3, 0.4) is 0 Å². The summed E-state index contributed by atoms with van der Waals surface area (Å²) in [4.78, 5) is 25.9. The first-order valence-electron chi connectivity index (χ1n) is 13.2. The Morgan fingerprint density at radius 3 is 2.23 bits per heavy atom. The quantitative estimate of drug-likeness (QED) is 0.0804. The molecule has 0 aromatic heterocycles. The van der Waals surface area contributed by atoms with Crippen LogP contribution in [0.25, 0.3) is 10.8 Å².